The average Bonchev–Trinajstić information content (AvgIpc) is 2.76. The third-order valence-electron chi connectivity index (χ3n) is 4.61. The van der Waals surface area contributed by atoms with Gasteiger partial charge in [-0.05, 0) is 50.2 Å². The minimum atomic E-state index is -0.281. The Kier molecular flexibility index (Phi) is 6.22. The second-order valence-electron chi connectivity index (χ2n) is 6.33. The van der Waals surface area contributed by atoms with Crippen LogP contribution in [0.2, 0.25) is 0 Å². The zero-order chi connectivity index (χ0) is 19.9. The van der Waals surface area contributed by atoms with Crippen molar-refractivity contribution in [3.8, 4) is 0 Å². The number of benzene rings is 2. The lowest BCUT2D eigenvalue weighted by Gasteiger charge is -2.21. The number of amides is 1. The molecule has 1 aromatic heterocycles. The molecule has 6 heteroatoms. The highest BCUT2D eigenvalue weighted by Crippen LogP contribution is 2.21. The summed E-state index contributed by atoms with van der Waals surface area (Å²) in [7, 11) is 1.91. The lowest BCUT2D eigenvalue weighted by Crippen LogP contribution is -2.21. The van der Waals surface area contributed by atoms with Crippen molar-refractivity contribution in [1.29, 1.82) is 0 Å². The lowest BCUT2D eigenvalue weighted by molar-refractivity contribution is 0.102. The van der Waals surface area contributed by atoms with Gasteiger partial charge in [0.15, 0.2) is 5.82 Å². The molecule has 3 aromatic rings. The molecule has 2 aromatic carbocycles. The van der Waals surface area contributed by atoms with Crippen molar-refractivity contribution in [3.05, 3.63) is 72.7 Å². The van der Waals surface area contributed by atoms with E-state index in [2.05, 4.69) is 34.0 Å². The normalized spacial score (nSPS) is 10.4. The topological polar surface area (TPSA) is 61.4 Å². The third-order valence-corrected chi connectivity index (χ3v) is 4.61. The van der Waals surface area contributed by atoms with Crippen molar-refractivity contribution >= 4 is 28.8 Å². The van der Waals surface area contributed by atoms with E-state index in [1.165, 1.54) is 6.20 Å². The molecule has 1 N–H and O–H groups in total. The van der Waals surface area contributed by atoms with E-state index < -0.39 is 0 Å². The maximum absolute atomic E-state index is 12.5. The van der Waals surface area contributed by atoms with Crippen LogP contribution in [0, 0.1) is 0 Å². The Hall–Kier alpha value is -3.41. The van der Waals surface area contributed by atoms with Crippen LogP contribution in [0.1, 0.15) is 24.3 Å². The van der Waals surface area contributed by atoms with Crippen LogP contribution in [0.15, 0.2) is 67.0 Å². The van der Waals surface area contributed by atoms with Gasteiger partial charge in [0, 0.05) is 37.2 Å². The van der Waals surface area contributed by atoms with Crippen LogP contribution >= 0.6 is 0 Å². The fourth-order valence-electron chi connectivity index (χ4n) is 2.94. The molecule has 144 valence electrons. The molecule has 0 atom stereocenters. The van der Waals surface area contributed by atoms with E-state index in [4.69, 9.17) is 0 Å². The first-order chi connectivity index (χ1) is 13.6. The van der Waals surface area contributed by atoms with Crippen LogP contribution in [-0.2, 0) is 0 Å². The molecule has 0 saturated heterocycles. The van der Waals surface area contributed by atoms with Gasteiger partial charge in [-0.2, -0.15) is 0 Å². The maximum Gasteiger partial charge on any atom is 0.275 e. The first kappa shape index (κ1) is 19.4. The number of carbonyl (C=O) groups excluding carboxylic acids is 1. The van der Waals surface area contributed by atoms with Crippen LogP contribution < -0.4 is 15.1 Å². The van der Waals surface area contributed by atoms with Crippen molar-refractivity contribution in [3.63, 3.8) is 0 Å². The Morgan fingerprint density at radius 1 is 0.893 bits per heavy atom. The van der Waals surface area contributed by atoms with Gasteiger partial charge in [-0.3, -0.25) is 4.79 Å². The van der Waals surface area contributed by atoms with Crippen LogP contribution in [0.25, 0.3) is 0 Å². The number of carbonyl (C=O) groups is 1. The second kappa shape index (κ2) is 8.99. The van der Waals surface area contributed by atoms with Crippen LogP contribution in [0.3, 0.4) is 0 Å². The highest BCUT2D eigenvalue weighted by Gasteiger charge is 2.11. The van der Waals surface area contributed by atoms with Gasteiger partial charge in [-0.25, -0.2) is 9.97 Å². The molecule has 6 nitrogen and oxygen atoms in total. The number of nitrogens with one attached hydrogen (secondary N) is 1. The van der Waals surface area contributed by atoms with Crippen molar-refractivity contribution in [2.45, 2.75) is 13.8 Å². The number of rotatable bonds is 7. The number of aromatic nitrogens is 2. The van der Waals surface area contributed by atoms with Crippen LogP contribution in [0.5, 0.6) is 0 Å². The molecule has 0 aliphatic rings. The highest BCUT2D eigenvalue weighted by atomic mass is 16.1. The fourth-order valence-corrected chi connectivity index (χ4v) is 2.94. The summed E-state index contributed by atoms with van der Waals surface area (Å²) in [6.07, 6.45) is 3.10. The van der Waals surface area contributed by atoms with E-state index in [9.17, 15) is 4.79 Å². The van der Waals surface area contributed by atoms with Gasteiger partial charge in [0.05, 0.1) is 12.4 Å². The predicted octanol–water partition coefficient (Wildman–Crippen LogP) is 4.34. The van der Waals surface area contributed by atoms with Crippen molar-refractivity contribution in [2.75, 3.05) is 35.3 Å². The lowest BCUT2D eigenvalue weighted by atomic mass is 10.2. The quantitative estimate of drug-likeness (QED) is 0.665. The van der Waals surface area contributed by atoms with Crippen molar-refractivity contribution < 1.29 is 4.79 Å². The summed E-state index contributed by atoms with van der Waals surface area (Å²) in [5.41, 5.74) is 3.14. The van der Waals surface area contributed by atoms with Crippen LogP contribution in [-0.4, -0.2) is 36.0 Å². The summed E-state index contributed by atoms with van der Waals surface area (Å²) < 4.78 is 0. The molecule has 0 unspecified atom stereocenters. The van der Waals surface area contributed by atoms with Gasteiger partial charge in [-0.15, -0.1) is 0 Å². The summed E-state index contributed by atoms with van der Waals surface area (Å²) in [6, 6.07) is 17.7. The molecule has 28 heavy (non-hydrogen) atoms. The van der Waals surface area contributed by atoms with E-state index in [1.54, 1.807) is 6.20 Å². The van der Waals surface area contributed by atoms with E-state index in [1.807, 2.05) is 66.5 Å². The average molecular weight is 375 g/mol. The SMILES string of the molecule is CCN(CC)c1ccc(NC(=O)c2cnc(N(C)c3ccccc3)cn2)cc1. The highest BCUT2D eigenvalue weighted by molar-refractivity contribution is 6.02. The first-order valence-electron chi connectivity index (χ1n) is 9.39. The Bertz CT molecular complexity index is 890. The largest absolute Gasteiger partial charge is 0.372 e. The van der Waals surface area contributed by atoms with Gasteiger partial charge in [0.2, 0.25) is 0 Å². The van der Waals surface area contributed by atoms with Gasteiger partial charge in [0.1, 0.15) is 5.69 Å². The van der Waals surface area contributed by atoms with E-state index >= 15 is 0 Å². The van der Waals surface area contributed by atoms with Crippen molar-refractivity contribution in [2.24, 2.45) is 0 Å². The molecule has 0 aliphatic carbocycles. The Labute approximate surface area is 165 Å². The molecule has 0 radical (unpaired) electrons. The van der Waals surface area contributed by atoms with E-state index in [0.29, 0.717) is 5.82 Å². The van der Waals surface area contributed by atoms with Crippen LogP contribution in [0.4, 0.5) is 22.9 Å². The van der Waals surface area contributed by atoms with Gasteiger partial charge in [0.25, 0.3) is 5.91 Å². The van der Waals surface area contributed by atoms with Gasteiger partial charge >= 0.3 is 0 Å². The Balaban J connectivity index is 1.66. The van der Waals surface area contributed by atoms with E-state index in [0.717, 1.165) is 30.2 Å². The molecular formula is C22H25N5O. The Morgan fingerprint density at radius 3 is 2.14 bits per heavy atom. The monoisotopic (exact) mass is 375 g/mol. The predicted molar refractivity (Wildman–Crippen MR) is 114 cm³/mol. The van der Waals surface area contributed by atoms with E-state index in [-0.39, 0.29) is 11.6 Å². The molecule has 1 heterocycles. The minimum absolute atomic E-state index is 0.276. The molecule has 3 rings (SSSR count). The summed E-state index contributed by atoms with van der Waals surface area (Å²) >= 11 is 0. The van der Waals surface area contributed by atoms with Crippen molar-refractivity contribution in [1.82, 2.24) is 9.97 Å². The molecule has 0 aliphatic heterocycles. The summed E-state index contributed by atoms with van der Waals surface area (Å²) in [6.45, 7) is 6.14. The number of hydrogen-bond donors (Lipinski definition) is 1. The summed E-state index contributed by atoms with van der Waals surface area (Å²) in [4.78, 5) is 25.3. The number of anilines is 4. The van der Waals surface area contributed by atoms with Gasteiger partial charge < -0.3 is 15.1 Å². The zero-order valence-electron chi connectivity index (χ0n) is 16.5. The van der Waals surface area contributed by atoms with Gasteiger partial charge in [-0.1, -0.05) is 18.2 Å². The maximum atomic E-state index is 12.5. The summed E-state index contributed by atoms with van der Waals surface area (Å²) in [5.74, 6) is 0.392. The zero-order valence-corrected chi connectivity index (χ0v) is 16.5. The minimum Gasteiger partial charge on any atom is -0.372 e. The molecule has 0 spiro atoms. The fraction of sp³-hybridized carbons (Fsp3) is 0.227. The molecule has 0 bridgehead atoms. The molecule has 0 saturated carbocycles. The Morgan fingerprint density at radius 2 is 1.57 bits per heavy atom. The number of nitrogens with zero attached hydrogens (tertiary/aromatic N) is 4. The molecular weight excluding hydrogens is 350 g/mol. The summed E-state index contributed by atoms with van der Waals surface area (Å²) in [5, 5.41) is 2.87. The number of hydrogen-bond acceptors (Lipinski definition) is 5. The first-order valence-corrected chi connectivity index (χ1v) is 9.39. The standard InChI is InChI=1S/C22H25N5O/c1-4-27(5-2)19-13-11-17(12-14-19)25-22(28)20-15-24-21(16-23-20)26(3)18-9-7-6-8-10-18/h6-16H,4-5H2,1-3H3,(H,25,28). The third kappa shape index (κ3) is 4.46. The second-order valence-corrected chi connectivity index (χ2v) is 6.33. The molecule has 1 amide bonds. The number of para-hydroxylation sites is 1. The molecule has 0 fully saturated rings. The smallest absolute Gasteiger partial charge is 0.275 e.